The van der Waals surface area contributed by atoms with E-state index in [0.29, 0.717) is 16.8 Å². The van der Waals surface area contributed by atoms with Crippen molar-refractivity contribution in [2.45, 2.75) is 13.3 Å². The zero-order chi connectivity index (χ0) is 19.4. The van der Waals surface area contributed by atoms with Crippen LogP contribution in [-0.2, 0) is 11.2 Å². The second kappa shape index (κ2) is 7.74. The highest BCUT2D eigenvalue weighted by molar-refractivity contribution is 5.96. The quantitative estimate of drug-likeness (QED) is 0.411. The largest absolute Gasteiger partial charge is 0.508 e. The standard InChI is InChI=1S/C22H21N3O2/c1-14-11-18(8-9-19(14)15-5-3-2-4-6-15)25-21(27)13-17-12-16(22(23)24)7-10-20(17)26/h2-12,26H,13H2,1H3,(H3,23,24)(H,25,27). The number of anilines is 1. The lowest BCUT2D eigenvalue weighted by Gasteiger charge is -2.11. The van der Waals surface area contributed by atoms with Crippen LogP contribution in [0.1, 0.15) is 16.7 Å². The molecule has 0 unspecified atom stereocenters. The number of hydrogen-bond acceptors (Lipinski definition) is 3. The van der Waals surface area contributed by atoms with Crippen molar-refractivity contribution in [3.63, 3.8) is 0 Å². The van der Waals surface area contributed by atoms with Crippen LogP contribution < -0.4 is 11.1 Å². The van der Waals surface area contributed by atoms with Gasteiger partial charge in [0.2, 0.25) is 5.91 Å². The first-order chi connectivity index (χ1) is 12.9. The minimum absolute atomic E-state index is 0.00533. The van der Waals surface area contributed by atoms with E-state index in [1.807, 2.05) is 55.5 Å². The Bertz CT molecular complexity index is 998. The van der Waals surface area contributed by atoms with Gasteiger partial charge in [0.05, 0.1) is 6.42 Å². The monoisotopic (exact) mass is 359 g/mol. The molecule has 0 bridgehead atoms. The van der Waals surface area contributed by atoms with Gasteiger partial charge in [-0.25, -0.2) is 0 Å². The second-order valence-corrected chi connectivity index (χ2v) is 6.38. The highest BCUT2D eigenvalue weighted by Crippen LogP contribution is 2.26. The number of rotatable bonds is 5. The number of aryl methyl sites for hydroxylation is 1. The summed E-state index contributed by atoms with van der Waals surface area (Å²) >= 11 is 0. The van der Waals surface area contributed by atoms with Gasteiger partial charge >= 0.3 is 0 Å². The number of hydrogen-bond donors (Lipinski definition) is 4. The lowest BCUT2D eigenvalue weighted by atomic mass is 10.00. The Labute approximate surface area is 158 Å². The Balaban J connectivity index is 1.74. The fourth-order valence-corrected chi connectivity index (χ4v) is 2.96. The average molecular weight is 359 g/mol. The van der Waals surface area contributed by atoms with Crippen molar-refractivity contribution in [1.29, 1.82) is 5.41 Å². The highest BCUT2D eigenvalue weighted by atomic mass is 16.3. The van der Waals surface area contributed by atoms with Crippen LogP contribution in [0, 0.1) is 12.3 Å². The summed E-state index contributed by atoms with van der Waals surface area (Å²) < 4.78 is 0. The molecule has 5 nitrogen and oxygen atoms in total. The van der Waals surface area contributed by atoms with Gasteiger partial charge in [0.25, 0.3) is 0 Å². The van der Waals surface area contributed by atoms with Crippen molar-refractivity contribution < 1.29 is 9.90 Å². The third-order valence-corrected chi connectivity index (χ3v) is 4.34. The van der Waals surface area contributed by atoms with Crippen LogP contribution in [0.2, 0.25) is 0 Å². The molecule has 0 aliphatic rings. The minimum Gasteiger partial charge on any atom is -0.508 e. The molecule has 0 aromatic heterocycles. The number of phenolic OH excluding ortho intramolecular Hbond substituents is 1. The second-order valence-electron chi connectivity index (χ2n) is 6.38. The van der Waals surface area contributed by atoms with Gasteiger partial charge in [0, 0.05) is 16.8 Å². The molecule has 0 atom stereocenters. The van der Waals surface area contributed by atoms with E-state index in [4.69, 9.17) is 11.1 Å². The van der Waals surface area contributed by atoms with E-state index in [0.717, 1.165) is 16.7 Å². The summed E-state index contributed by atoms with van der Waals surface area (Å²) in [5.41, 5.74) is 10.4. The van der Waals surface area contributed by atoms with Crippen molar-refractivity contribution in [1.82, 2.24) is 0 Å². The summed E-state index contributed by atoms with van der Waals surface area (Å²) in [4.78, 5) is 12.4. The molecule has 3 rings (SSSR count). The Morgan fingerprint density at radius 2 is 1.81 bits per heavy atom. The summed E-state index contributed by atoms with van der Waals surface area (Å²) in [5, 5.41) is 20.3. The number of aromatic hydroxyl groups is 1. The van der Waals surface area contributed by atoms with Gasteiger partial charge in [-0.3, -0.25) is 10.2 Å². The van der Waals surface area contributed by atoms with Crippen molar-refractivity contribution in [2.24, 2.45) is 5.73 Å². The summed E-state index contributed by atoms with van der Waals surface area (Å²) in [6, 6.07) is 20.4. The van der Waals surface area contributed by atoms with Crippen LogP contribution in [0.3, 0.4) is 0 Å². The molecular formula is C22H21N3O2. The molecule has 0 saturated heterocycles. The third-order valence-electron chi connectivity index (χ3n) is 4.34. The summed E-state index contributed by atoms with van der Waals surface area (Å²) in [7, 11) is 0. The molecule has 136 valence electrons. The molecule has 3 aromatic rings. The number of amidine groups is 1. The normalized spacial score (nSPS) is 10.4. The van der Waals surface area contributed by atoms with Crippen LogP contribution in [0.4, 0.5) is 5.69 Å². The van der Waals surface area contributed by atoms with Crippen molar-refractivity contribution in [2.75, 3.05) is 5.32 Å². The number of nitrogens with one attached hydrogen (secondary N) is 2. The van der Waals surface area contributed by atoms with Gasteiger partial charge in [-0.15, -0.1) is 0 Å². The molecule has 0 radical (unpaired) electrons. The maximum Gasteiger partial charge on any atom is 0.228 e. The fourth-order valence-electron chi connectivity index (χ4n) is 2.96. The number of carbonyl (C=O) groups excluding carboxylic acids is 1. The zero-order valence-corrected chi connectivity index (χ0v) is 15.0. The van der Waals surface area contributed by atoms with Gasteiger partial charge in [-0.1, -0.05) is 36.4 Å². The van der Waals surface area contributed by atoms with Crippen molar-refractivity contribution >= 4 is 17.4 Å². The van der Waals surface area contributed by atoms with Crippen molar-refractivity contribution in [3.8, 4) is 16.9 Å². The maximum absolute atomic E-state index is 12.4. The van der Waals surface area contributed by atoms with E-state index < -0.39 is 0 Å². The molecule has 0 saturated carbocycles. The topological polar surface area (TPSA) is 99.2 Å². The first-order valence-corrected chi connectivity index (χ1v) is 8.56. The maximum atomic E-state index is 12.4. The first-order valence-electron chi connectivity index (χ1n) is 8.56. The van der Waals surface area contributed by atoms with Crippen LogP contribution in [0.25, 0.3) is 11.1 Å². The summed E-state index contributed by atoms with van der Waals surface area (Å²) in [5.74, 6) is -0.354. The molecule has 3 aromatic carbocycles. The molecule has 0 fully saturated rings. The van der Waals surface area contributed by atoms with E-state index in [-0.39, 0.29) is 23.9 Å². The smallest absolute Gasteiger partial charge is 0.228 e. The van der Waals surface area contributed by atoms with Crippen LogP contribution in [0.15, 0.2) is 66.7 Å². The molecule has 0 aliphatic carbocycles. The van der Waals surface area contributed by atoms with Crippen molar-refractivity contribution in [3.05, 3.63) is 83.4 Å². The molecule has 0 aliphatic heterocycles. The summed E-state index contributed by atoms with van der Waals surface area (Å²) in [6.45, 7) is 2.00. The Hall–Kier alpha value is -3.60. The lowest BCUT2D eigenvalue weighted by Crippen LogP contribution is -2.16. The molecule has 1 amide bonds. The first kappa shape index (κ1) is 18.2. The van der Waals surface area contributed by atoms with E-state index in [1.165, 1.54) is 6.07 Å². The predicted octanol–water partition coefficient (Wildman–Crippen LogP) is 3.83. The van der Waals surface area contributed by atoms with E-state index in [2.05, 4.69) is 5.32 Å². The highest BCUT2D eigenvalue weighted by Gasteiger charge is 2.11. The molecule has 5 N–H and O–H groups in total. The molecule has 5 heteroatoms. The predicted molar refractivity (Wildman–Crippen MR) is 108 cm³/mol. The number of benzene rings is 3. The minimum atomic E-state index is -0.252. The van der Waals surface area contributed by atoms with Gasteiger partial charge in [-0.05, 0) is 53.9 Å². The molecule has 27 heavy (non-hydrogen) atoms. The Morgan fingerprint density at radius 1 is 1.07 bits per heavy atom. The van der Waals surface area contributed by atoms with Gasteiger partial charge < -0.3 is 16.2 Å². The Morgan fingerprint density at radius 3 is 2.48 bits per heavy atom. The van der Waals surface area contributed by atoms with E-state index in [1.54, 1.807) is 12.1 Å². The third kappa shape index (κ3) is 4.33. The Kier molecular flexibility index (Phi) is 5.22. The number of nitrogens with two attached hydrogens (primary N) is 1. The van der Waals surface area contributed by atoms with Gasteiger partial charge in [-0.2, -0.15) is 0 Å². The lowest BCUT2D eigenvalue weighted by molar-refractivity contribution is -0.115. The van der Waals surface area contributed by atoms with E-state index in [9.17, 15) is 9.90 Å². The SMILES string of the molecule is Cc1cc(NC(=O)Cc2cc(C(=N)N)ccc2O)ccc1-c1ccccc1. The molecule has 0 heterocycles. The fraction of sp³-hybridized carbons (Fsp3) is 0.0909. The number of amides is 1. The van der Waals surface area contributed by atoms with Gasteiger partial charge in [0.1, 0.15) is 11.6 Å². The van der Waals surface area contributed by atoms with Crippen LogP contribution >= 0.6 is 0 Å². The molecule has 0 spiro atoms. The van der Waals surface area contributed by atoms with Crippen LogP contribution in [-0.4, -0.2) is 16.8 Å². The summed E-state index contributed by atoms with van der Waals surface area (Å²) in [6.07, 6.45) is -0.00750. The van der Waals surface area contributed by atoms with Crippen LogP contribution in [0.5, 0.6) is 5.75 Å². The number of nitrogen functional groups attached to an aromatic ring is 1. The molecular weight excluding hydrogens is 338 g/mol. The zero-order valence-electron chi connectivity index (χ0n) is 15.0. The van der Waals surface area contributed by atoms with Gasteiger partial charge in [0.15, 0.2) is 0 Å². The van der Waals surface area contributed by atoms with E-state index >= 15 is 0 Å². The number of carbonyl (C=O) groups is 1. The average Bonchev–Trinajstić information content (AvgIpc) is 2.64. The number of phenols is 1.